The molecule has 0 aliphatic carbocycles. The summed E-state index contributed by atoms with van der Waals surface area (Å²) in [6.07, 6.45) is -0.184. The Bertz CT molecular complexity index is 521. The first-order valence-corrected chi connectivity index (χ1v) is 8.24. The fraction of sp³-hybridized carbons (Fsp3) is 0.294. The molecule has 4 heteroatoms. The number of hydrogen-bond acceptors (Lipinski definition) is 2. The van der Waals surface area contributed by atoms with E-state index in [1.165, 1.54) is 5.56 Å². The molecule has 1 N–H and O–H groups in total. The summed E-state index contributed by atoms with van der Waals surface area (Å²) in [4.78, 5) is 0. The first-order chi connectivity index (χ1) is 9.93. The molecule has 2 atom stereocenters. The first kappa shape index (κ1) is 18.4. The molecular formula is C17H20Br2O2. The molecule has 114 valence electrons. The van der Waals surface area contributed by atoms with Crippen LogP contribution in [0.3, 0.4) is 0 Å². The smallest absolute Gasteiger partial charge is 0.0793 e. The van der Waals surface area contributed by atoms with Crippen LogP contribution in [0, 0.1) is 0 Å². The van der Waals surface area contributed by atoms with Crippen LogP contribution in [-0.2, 0) is 4.74 Å². The molecule has 0 fully saturated rings. The number of hydrogen-bond donors (Lipinski definition) is 1. The van der Waals surface area contributed by atoms with Gasteiger partial charge in [-0.05, 0) is 49.2 Å². The molecule has 0 saturated heterocycles. The van der Waals surface area contributed by atoms with Crippen LogP contribution in [0.25, 0.3) is 0 Å². The normalized spacial score (nSPS) is 13.0. The van der Waals surface area contributed by atoms with Crippen LogP contribution >= 0.6 is 31.9 Å². The zero-order chi connectivity index (χ0) is 15.8. The van der Waals surface area contributed by atoms with Crippen LogP contribution in [0.2, 0.25) is 0 Å². The van der Waals surface area contributed by atoms with Gasteiger partial charge in [0.05, 0.1) is 12.2 Å². The van der Waals surface area contributed by atoms with Crippen LogP contribution in [0.5, 0.6) is 0 Å². The second-order valence-corrected chi connectivity index (χ2v) is 6.49. The molecule has 0 amide bonds. The van der Waals surface area contributed by atoms with Gasteiger partial charge < -0.3 is 9.84 Å². The molecule has 0 aromatic heterocycles. The van der Waals surface area contributed by atoms with Gasteiger partial charge in [0.15, 0.2) is 0 Å². The molecule has 0 aliphatic rings. The molecule has 2 rings (SSSR count). The van der Waals surface area contributed by atoms with E-state index in [-0.39, 0.29) is 12.2 Å². The standard InChI is InChI=1S/C9H11BrO.C8H9BrO/c1-7(11-2)8-3-5-9(10)6-4-8;1-6(10)7-2-4-8(9)5-3-7/h3-7H,1-2H3;2-6,10H,1H3/t7-;6-/m11/s1. The van der Waals surface area contributed by atoms with E-state index < -0.39 is 0 Å². The largest absolute Gasteiger partial charge is 0.389 e. The maximum absolute atomic E-state index is 9.10. The quantitative estimate of drug-likeness (QED) is 0.700. The van der Waals surface area contributed by atoms with Crippen LogP contribution in [0.4, 0.5) is 0 Å². The highest BCUT2D eigenvalue weighted by Gasteiger charge is 2.01. The molecule has 2 aromatic carbocycles. The lowest BCUT2D eigenvalue weighted by atomic mass is 10.1. The molecule has 0 heterocycles. The van der Waals surface area contributed by atoms with Gasteiger partial charge in [-0.15, -0.1) is 0 Å². The van der Waals surface area contributed by atoms with Crippen molar-refractivity contribution >= 4 is 31.9 Å². The zero-order valence-electron chi connectivity index (χ0n) is 12.4. The SMILES string of the molecule is CO[C@H](C)c1ccc(Br)cc1.C[C@@H](O)c1ccc(Br)cc1. The average Bonchev–Trinajstić information content (AvgIpc) is 2.48. The van der Waals surface area contributed by atoms with Crippen LogP contribution in [0.1, 0.15) is 37.2 Å². The van der Waals surface area contributed by atoms with Crippen molar-refractivity contribution in [2.75, 3.05) is 7.11 Å². The van der Waals surface area contributed by atoms with E-state index in [4.69, 9.17) is 9.84 Å². The van der Waals surface area contributed by atoms with E-state index in [0.29, 0.717) is 0 Å². The summed E-state index contributed by atoms with van der Waals surface area (Å²) >= 11 is 6.69. The fourth-order valence-corrected chi connectivity index (χ4v) is 2.14. The molecule has 0 radical (unpaired) electrons. The molecular weight excluding hydrogens is 396 g/mol. The van der Waals surface area contributed by atoms with Crippen molar-refractivity contribution in [1.29, 1.82) is 0 Å². The van der Waals surface area contributed by atoms with Crippen molar-refractivity contribution in [2.24, 2.45) is 0 Å². The molecule has 0 spiro atoms. The third kappa shape index (κ3) is 6.74. The Balaban J connectivity index is 0.000000211. The molecule has 21 heavy (non-hydrogen) atoms. The average molecular weight is 416 g/mol. The number of rotatable bonds is 3. The Kier molecular flexibility index (Phi) is 8.19. The van der Waals surface area contributed by atoms with E-state index >= 15 is 0 Å². The van der Waals surface area contributed by atoms with E-state index in [0.717, 1.165) is 14.5 Å². The molecule has 0 unspecified atom stereocenters. The van der Waals surface area contributed by atoms with Gasteiger partial charge in [0.2, 0.25) is 0 Å². The summed E-state index contributed by atoms with van der Waals surface area (Å²) in [6, 6.07) is 15.8. The summed E-state index contributed by atoms with van der Waals surface area (Å²) in [6.45, 7) is 3.78. The van der Waals surface area contributed by atoms with E-state index in [1.54, 1.807) is 14.0 Å². The van der Waals surface area contributed by atoms with Gasteiger partial charge in [-0.2, -0.15) is 0 Å². The van der Waals surface area contributed by atoms with E-state index in [9.17, 15) is 0 Å². The Morgan fingerprint density at radius 1 is 0.810 bits per heavy atom. The van der Waals surface area contributed by atoms with Crippen molar-refractivity contribution in [3.63, 3.8) is 0 Å². The van der Waals surface area contributed by atoms with E-state index in [2.05, 4.69) is 44.0 Å². The Hall–Kier alpha value is -0.680. The lowest BCUT2D eigenvalue weighted by Gasteiger charge is -2.08. The third-order valence-electron chi connectivity index (χ3n) is 3.05. The highest BCUT2D eigenvalue weighted by atomic mass is 79.9. The molecule has 0 aliphatic heterocycles. The molecule has 0 bridgehead atoms. The predicted molar refractivity (Wildman–Crippen MR) is 94.3 cm³/mol. The predicted octanol–water partition coefficient (Wildman–Crippen LogP) is 5.66. The summed E-state index contributed by atoms with van der Waals surface area (Å²) in [5.74, 6) is 0. The van der Waals surface area contributed by atoms with Crippen LogP contribution < -0.4 is 0 Å². The Morgan fingerprint density at radius 2 is 1.19 bits per heavy atom. The highest BCUT2D eigenvalue weighted by molar-refractivity contribution is 9.10. The maximum Gasteiger partial charge on any atom is 0.0793 e. The monoisotopic (exact) mass is 414 g/mol. The Morgan fingerprint density at radius 3 is 1.52 bits per heavy atom. The van der Waals surface area contributed by atoms with Crippen molar-refractivity contribution in [3.8, 4) is 0 Å². The van der Waals surface area contributed by atoms with Gasteiger partial charge in [0.25, 0.3) is 0 Å². The highest BCUT2D eigenvalue weighted by Crippen LogP contribution is 2.18. The second-order valence-electron chi connectivity index (χ2n) is 4.66. The van der Waals surface area contributed by atoms with Gasteiger partial charge in [0.1, 0.15) is 0 Å². The molecule has 0 saturated carbocycles. The lowest BCUT2D eigenvalue weighted by Crippen LogP contribution is -1.94. The van der Waals surface area contributed by atoms with Crippen molar-refractivity contribution < 1.29 is 9.84 Å². The van der Waals surface area contributed by atoms with Gasteiger partial charge in [-0.25, -0.2) is 0 Å². The molecule has 2 aromatic rings. The van der Waals surface area contributed by atoms with Gasteiger partial charge in [0, 0.05) is 16.1 Å². The zero-order valence-corrected chi connectivity index (χ0v) is 15.6. The van der Waals surface area contributed by atoms with Crippen LogP contribution in [-0.4, -0.2) is 12.2 Å². The third-order valence-corrected chi connectivity index (χ3v) is 4.10. The van der Waals surface area contributed by atoms with Crippen molar-refractivity contribution in [1.82, 2.24) is 0 Å². The minimum Gasteiger partial charge on any atom is -0.389 e. The number of benzene rings is 2. The van der Waals surface area contributed by atoms with Gasteiger partial charge in [-0.3, -0.25) is 0 Å². The van der Waals surface area contributed by atoms with Gasteiger partial charge in [-0.1, -0.05) is 56.1 Å². The summed E-state index contributed by atoms with van der Waals surface area (Å²) in [7, 11) is 1.71. The number of methoxy groups -OCH3 is 1. The number of aliphatic hydroxyl groups is 1. The Labute approximate surface area is 143 Å². The van der Waals surface area contributed by atoms with E-state index in [1.807, 2.05) is 43.3 Å². The van der Waals surface area contributed by atoms with Crippen molar-refractivity contribution in [2.45, 2.75) is 26.1 Å². The van der Waals surface area contributed by atoms with Crippen LogP contribution in [0.15, 0.2) is 57.5 Å². The maximum atomic E-state index is 9.10. The second kappa shape index (κ2) is 9.36. The summed E-state index contributed by atoms with van der Waals surface area (Å²) in [5, 5.41) is 9.10. The summed E-state index contributed by atoms with van der Waals surface area (Å²) < 4.78 is 7.30. The first-order valence-electron chi connectivity index (χ1n) is 6.65. The number of halogens is 2. The summed E-state index contributed by atoms with van der Waals surface area (Å²) in [5.41, 5.74) is 2.15. The molecule has 2 nitrogen and oxygen atoms in total. The van der Waals surface area contributed by atoms with Gasteiger partial charge >= 0.3 is 0 Å². The topological polar surface area (TPSA) is 29.5 Å². The minimum absolute atomic E-state index is 0.183. The number of aliphatic hydroxyl groups excluding tert-OH is 1. The minimum atomic E-state index is -0.368. The number of ether oxygens (including phenoxy) is 1. The van der Waals surface area contributed by atoms with Crippen molar-refractivity contribution in [3.05, 3.63) is 68.6 Å². The fourth-order valence-electron chi connectivity index (χ4n) is 1.61. The lowest BCUT2D eigenvalue weighted by molar-refractivity contribution is 0.119.